The van der Waals surface area contributed by atoms with Crippen molar-refractivity contribution in [2.75, 3.05) is 11.9 Å². The average Bonchev–Trinajstić information content (AvgIpc) is 3.20. The second kappa shape index (κ2) is 6.56. The Morgan fingerprint density at radius 1 is 1.30 bits per heavy atom. The Labute approximate surface area is 121 Å². The highest BCUT2D eigenvalue weighted by Gasteiger charge is 2.27. The molecule has 1 aliphatic carbocycles. The van der Waals surface area contributed by atoms with Crippen LogP contribution < -0.4 is 15.8 Å². The van der Waals surface area contributed by atoms with E-state index in [9.17, 15) is 8.42 Å². The van der Waals surface area contributed by atoms with Crippen molar-refractivity contribution in [3.05, 3.63) is 24.3 Å². The fraction of sp³-hybridized carbons (Fsp3) is 0.571. The molecule has 1 fully saturated rings. The Balaban J connectivity index is 1.92. The number of rotatable bonds is 8. The van der Waals surface area contributed by atoms with Gasteiger partial charge in [0.15, 0.2) is 0 Å². The Hall–Kier alpha value is -1.11. The maximum Gasteiger partial charge on any atom is 0.240 e. The average molecular weight is 297 g/mol. The number of hydrogen-bond acceptors (Lipinski definition) is 4. The molecule has 1 unspecified atom stereocenters. The normalized spacial score (nSPS) is 16.9. The lowest BCUT2D eigenvalue weighted by Crippen LogP contribution is -2.28. The Morgan fingerprint density at radius 3 is 2.50 bits per heavy atom. The third-order valence-corrected chi connectivity index (χ3v) is 4.83. The first-order valence-electron chi connectivity index (χ1n) is 7.13. The molecule has 4 N–H and O–H groups in total. The van der Waals surface area contributed by atoms with Crippen molar-refractivity contribution in [2.24, 2.45) is 5.73 Å². The molecule has 0 aliphatic heterocycles. The van der Waals surface area contributed by atoms with Crippen molar-refractivity contribution in [2.45, 2.75) is 49.6 Å². The smallest absolute Gasteiger partial charge is 0.240 e. The summed E-state index contributed by atoms with van der Waals surface area (Å²) < 4.78 is 26.7. The summed E-state index contributed by atoms with van der Waals surface area (Å²) in [5, 5.41) is 3.22. The zero-order valence-electron chi connectivity index (χ0n) is 11.8. The van der Waals surface area contributed by atoms with Gasteiger partial charge >= 0.3 is 0 Å². The van der Waals surface area contributed by atoms with E-state index in [1.54, 1.807) is 24.3 Å². The summed E-state index contributed by atoms with van der Waals surface area (Å²) in [5.41, 5.74) is 6.82. The summed E-state index contributed by atoms with van der Waals surface area (Å²) in [4.78, 5) is 0.313. The van der Waals surface area contributed by atoms with Crippen LogP contribution >= 0.6 is 0 Å². The summed E-state index contributed by atoms with van der Waals surface area (Å²) in [6, 6.07) is 7.06. The summed E-state index contributed by atoms with van der Waals surface area (Å²) in [7, 11) is -3.36. The van der Waals surface area contributed by atoms with Gasteiger partial charge in [-0.25, -0.2) is 13.1 Å². The molecule has 20 heavy (non-hydrogen) atoms. The Kier molecular flexibility index (Phi) is 5.01. The molecule has 0 bridgehead atoms. The number of hydrogen-bond donors (Lipinski definition) is 3. The molecule has 1 aliphatic rings. The van der Waals surface area contributed by atoms with Crippen LogP contribution in [0.1, 0.15) is 32.6 Å². The van der Waals surface area contributed by atoms with Crippen LogP contribution in [0.2, 0.25) is 0 Å². The molecule has 1 saturated carbocycles. The standard InChI is InChI=1S/C14H23N3O2S/c1-2-3-11(15)10-16-12-6-8-14(9-7-12)20(18,19)17-13-4-5-13/h6-9,11,13,16-17H,2-5,10,15H2,1H3. The monoisotopic (exact) mass is 297 g/mol. The van der Waals surface area contributed by atoms with Gasteiger partial charge in [-0.1, -0.05) is 13.3 Å². The van der Waals surface area contributed by atoms with Crippen LogP contribution in [0.25, 0.3) is 0 Å². The van der Waals surface area contributed by atoms with Crippen LogP contribution in [0.5, 0.6) is 0 Å². The molecule has 1 aromatic carbocycles. The number of nitrogens with one attached hydrogen (secondary N) is 2. The first-order chi connectivity index (χ1) is 9.51. The van der Waals surface area contributed by atoms with Crippen LogP contribution in [0.4, 0.5) is 5.69 Å². The highest BCUT2D eigenvalue weighted by atomic mass is 32.2. The van der Waals surface area contributed by atoms with Gasteiger partial charge in [0, 0.05) is 24.3 Å². The quantitative estimate of drug-likeness (QED) is 0.681. The van der Waals surface area contributed by atoms with Crippen molar-refractivity contribution >= 4 is 15.7 Å². The minimum absolute atomic E-state index is 0.125. The molecule has 0 heterocycles. The minimum atomic E-state index is -3.36. The van der Waals surface area contributed by atoms with Gasteiger partial charge < -0.3 is 11.1 Å². The molecule has 0 saturated heterocycles. The molecule has 1 aromatic rings. The van der Waals surface area contributed by atoms with Crippen molar-refractivity contribution in [3.8, 4) is 0 Å². The zero-order valence-corrected chi connectivity index (χ0v) is 12.6. The van der Waals surface area contributed by atoms with Gasteiger partial charge in [-0.2, -0.15) is 0 Å². The van der Waals surface area contributed by atoms with Crippen molar-refractivity contribution < 1.29 is 8.42 Å². The van der Waals surface area contributed by atoms with Crippen molar-refractivity contribution in [1.29, 1.82) is 0 Å². The topological polar surface area (TPSA) is 84.2 Å². The highest BCUT2D eigenvalue weighted by molar-refractivity contribution is 7.89. The zero-order chi connectivity index (χ0) is 14.6. The molecule has 0 amide bonds. The van der Waals surface area contributed by atoms with E-state index in [0.29, 0.717) is 11.4 Å². The molecule has 0 aromatic heterocycles. The molecular formula is C14H23N3O2S. The van der Waals surface area contributed by atoms with E-state index in [2.05, 4.69) is 17.0 Å². The second-order valence-electron chi connectivity index (χ2n) is 5.35. The van der Waals surface area contributed by atoms with E-state index in [0.717, 1.165) is 31.4 Å². The predicted octanol–water partition coefficient (Wildman–Crippen LogP) is 1.67. The molecule has 6 heteroatoms. The van der Waals surface area contributed by atoms with E-state index < -0.39 is 10.0 Å². The van der Waals surface area contributed by atoms with Crippen LogP contribution in [-0.2, 0) is 10.0 Å². The van der Waals surface area contributed by atoms with Gasteiger partial charge in [0.05, 0.1) is 4.90 Å². The summed E-state index contributed by atoms with van der Waals surface area (Å²) in [5.74, 6) is 0. The van der Waals surface area contributed by atoms with Crippen LogP contribution in [-0.4, -0.2) is 27.0 Å². The van der Waals surface area contributed by atoms with Gasteiger partial charge in [-0.05, 0) is 43.5 Å². The molecule has 0 spiro atoms. The number of sulfonamides is 1. The molecule has 1 atom stereocenters. The van der Waals surface area contributed by atoms with E-state index in [4.69, 9.17) is 5.73 Å². The lowest BCUT2D eigenvalue weighted by Gasteiger charge is -2.13. The van der Waals surface area contributed by atoms with Gasteiger partial charge in [0.25, 0.3) is 0 Å². The van der Waals surface area contributed by atoms with E-state index >= 15 is 0 Å². The van der Waals surface area contributed by atoms with E-state index in [-0.39, 0.29) is 12.1 Å². The highest BCUT2D eigenvalue weighted by Crippen LogP contribution is 2.22. The molecule has 112 valence electrons. The lowest BCUT2D eigenvalue weighted by molar-refractivity contribution is 0.581. The molecule has 0 radical (unpaired) electrons. The maximum atomic E-state index is 12.0. The Bertz CT molecular complexity index is 524. The van der Waals surface area contributed by atoms with Crippen molar-refractivity contribution in [1.82, 2.24) is 4.72 Å². The van der Waals surface area contributed by atoms with Gasteiger partial charge in [-0.3, -0.25) is 0 Å². The third kappa shape index (κ3) is 4.47. The second-order valence-corrected chi connectivity index (χ2v) is 7.06. The molecule has 5 nitrogen and oxygen atoms in total. The van der Waals surface area contributed by atoms with Gasteiger partial charge in [0.1, 0.15) is 0 Å². The SMILES string of the molecule is CCCC(N)CNc1ccc(S(=O)(=O)NC2CC2)cc1. The van der Waals surface area contributed by atoms with Crippen LogP contribution in [0.3, 0.4) is 0 Å². The largest absolute Gasteiger partial charge is 0.383 e. The van der Waals surface area contributed by atoms with Gasteiger partial charge in [-0.15, -0.1) is 0 Å². The lowest BCUT2D eigenvalue weighted by atomic mass is 10.2. The fourth-order valence-corrected chi connectivity index (χ4v) is 3.27. The number of benzene rings is 1. The first-order valence-corrected chi connectivity index (χ1v) is 8.61. The minimum Gasteiger partial charge on any atom is -0.383 e. The van der Waals surface area contributed by atoms with E-state index in [1.807, 2.05) is 0 Å². The molecule has 2 rings (SSSR count). The first kappa shape index (κ1) is 15.3. The maximum absolute atomic E-state index is 12.0. The predicted molar refractivity (Wildman–Crippen MR) is 81.2 cm³/mol. The van der Waals surface area contributed by atoms with E-state index in [1.165, 1.54) is 0 Å². The number of nitrogens with two attached hydrogens (primary N) is 1. The Morgan fingerprint density at radius 2 is 1.95 bits per heavy atom. The summed E-state index contributed by atoms with van der Waals surface area (Å²) in [6.45, 7) is 2.80. The third-order valence-electron chi connectivity index (χ3n) is 3.29. The molecular weight excluding hydrogens is 274 g/mol. The van der Waals surface area contributed by atoms with Crippen LogP contribution in [0.15, 0.2) is 29.2 Å². The van der Waals surface area contributed by atoms with Crippen LogP contribution in [0, 0.1) is 0 Å². The summed E-state index contributed by atoms with van der Waals surface area (Å²) >= 11 is 0. The number of anilines is 1. The fourth-order valence-electron chi connectivity index (χ4n) is 1.96. The van der Waals surface area contributed by atoms with Gasteiger partial charge in [0.2, 0.25) is 10.0 Å². The summed E-state index contributed by atoms with van der Waals surface area (Å²) in [6.07, 6.45) is 3.92. The van der Waals surface area contributed by atoms with Crippen molar-refractivity contribution in [3.63, 3.8) is 0 Å².